The first-order valence-corrected chi connectivity index (χ1v) is 9.75. The highest BCUT2D eigenvalue weighted by Gasteiger charge is 2.40. The van der Waals surface area contributed by atoms with Crippen LogP contribution in [0.15, 0.2) is 18.3 Å². The molecular weight excluding hydrogens is 360 g/mol. The molecule has 3 heterocycles. The van der Waals surface area contributed by atoms with Gasteiger partial charge in [0.25, 0.3) is 5.91 Å². The maximum Gasteiger partial charge on any atom is 0.261 e. The fourth-order valence-corrected chi connectivity index (χ4v) is 4.94. The summed E-state index contributed by atoms with van der Waals surface area (Å²) in [7, 11) is 0. The molecule has 2 aromatic heterocycles. The summed E-state index contributed by atoms with van der Waals surface area (Å²) < 4.78 is 5.45. The standard InChI is InChI=1S/C20H24N4O2S/c1-6-26-17-12(8-7-9-22-17)16(25)23-18-14(11-21)13-10-19(2,3)24-20(4,5)15(13)27-18/h7-9,24H,6,10H2,1-5H3,(H,23,25). The van der Waals surface area contributed by atoms with Gasteiger partial charge in [0.2, 0.25) is 5.88 Å². The Morgan fingerprint density at radius 1 is 1.44 bits per heavy atom. The van der Waals surface area contributed by atoms with E-state index >= 15 is 0 Å². The molecule has 27 heavy (non-hydrogen) atoms. The van der Waals surface area contributed by atoms with Gasteiger partial charge in [-0.2, -0.15) is 5.26 Å². The fraction of sp³-hybridized carbons (Fsp3) is 0.450. The molecule has 0 atom stereocenters. The van der Waals surface area contributed by atoms with Crippen molar-refractivity contribution >= 4 is 22.2 Å². The van der Waals surface area contributed by atoms with E-state index in [2.05, 4.69) is 49.4 Å². The van der Waals surface area contributed by atoms with E-state index in [4.69, 9.17) is 4.74 Å². The zero-order valence-corrected chi connectivity index (χ0v) is 17.1. The number of hydrogen-bond acceptors (Lipinski definition) is 6. The molecule has 0 fully saturated rings. The van der Waals surface area contributed by atoms with Gasteiger partial charge in [0, 0.05) is 22.2 Å². The molecule has 2 aromatic rings. The smallest absolute Gasteiger partial charge is 0.261 e. The molecular formula is C20H24N4O2S. The van der Waals surface area contributed by atoms with Crippen molar-refractivity contribution in [2.24, 2.45) is 0 Å². The number of rotatable bonds is 4. The van der Waals surface area contributed by atoms with Crippen LogP contribution in [0.2, 0.25) is 0 Å². The fourth-order valence-electron chi connectivity index (χ4n) is 3.72. The van der Waals surface area contributed by atoms with Crippen molar-refractivity contribution in [1.29, 1.82) is 5.26 Å². The molecule has 0 unspecified atom stereocenters. The third-order valence-electron chi connectivity index (χ3n) is 4.48. The van der Waals surface area contributed by atoms with Crippen molar-refractivity contribution in [1.82, 2.24) is 10.3 Å². The Labute approximate surface area is 163 Å². The number of ether oxygens (including phenoxy) is 1. The Kier molecular flexibility index (Phi) is 4.98. The summed E-state index contributed by atoms with van der Waals surface area (Å²) in [6, 6.07) is 5.66. The van der Waals surface area contributed by atoms with Gasteiger partial charge < -0.3 is 15.4 Å². The molecule has 2 N–H and O–H groups in total. The number of hydrogen-bond donors (Lipinski definition) is 2. The molecule has 0 aliphatic carbocycles. The summed E-state index contributed by atoms with van der Waals surface area (Å²) >= 11 is 1.46. The predicted octanol–water partition coefficient (Wildman–Crippen LogP) is 3.83. The number of carbonyl (C=O) groups excluding carboxylic acids is 1. The van der Waals surface area contributed by atoms with Crippen LogP contribution in [0.5, 0.6) is 5.88 Å². The van der Waals surface area contributed by atoms with Crippen molar-refractivity contribution in [3.8, 4) is 11.9 Å². The van der Waals surface area contributed by atoms with Gasteiger partial charge in [-0.25, -0.2) is 4.98 Å². The molecule has 0 saturated carbocycles. The van der Waals surface area contributed by atoms with Crippen molar-refractivity contribution in [3.63, 3.8) is 0 Å². The average Bonchev–Trinajstić information content (AvgIpc) is 2.91. The zero-order valence-electron chi connectivity index (χ0n) is 16.3. The van der Waals surface area contributed by atoms with E-state index in [1.165, 1.54) is 11.3 Å². The van der Waals surface area contributed by atoms with Gasteiger partial charge in [-0.15, -0.1) is 11.3 Å². The summed E-state index contributed by atoms with van der Waals surface area (Å²) in [4.78, 5) is 18.0. The van der Waals surface area contributed by atoms with Crippen molar-refractivity contribution in [2.75, 3.05) is 11.9 Å². The van der Waals surface area contributed by atoms with E-state index < -0.39 is 0 Å². The number of nitrogens with zero attached hydrogens (tertiary/aromatic N) is 2. The van der Waals surface area contributed by atoms with Gasteiger partial charge in [-0.3, -0.25) is 4.79 Å². The molecule has 0 aromatic carbocycles. The molecule has 0 bridgehead atoms. The summed E-state index contributed by atoms with van der Waals surface area (Å²) in [5, 5.41) is 16.9. The van der Waals surface area contributed by atoms with Gasteiger partial charge in [0.1, 0.15) is 16.6 Å². The zero-order chi connectivity index (χ0) is 19.8. The molecule has 1 aliphatic heterocycles. The van der Waals surface area contributed by atoms with E-state index in [0.717, 1.165) is 16.9 Å². The Bertz CT molecular complexity index is 925. The lowest BCUT2D eigenvalue weighted by atomic mass is 9.81. The maximum atomic E-state index is 12.8. The first-order valence-electron chi connectivity index (χ1n) is 8.93. The van der Waals surface area contributed by atoms with Crippen LogP contribution in [0, 0.1) is 11.3 Å². The van der Waals surface area contributed by atoms with Gasteiger partial charge >= 0.3 is 0 Å². The molecule has 1 aliphatic rings. The highest BCUT2D eigenvalue weighted by atomic mass is 32.1. The van der Waals surface area contributed by atoms with Crippen molar-refractivity contribution in [3.05, 3.63) is 39.9 Å². The molecule has 7 heteroatoms. The quantitative estimate of drug-likeness (QED) is 0.837. The third-order valence-corrected chi connectivity index (χ3v) is 5.95. The van der Waals surface area contributed by atoms with Crippen LogP contribution in [0.25, 0.3) is 0 Å². The number of carbonyl (C=O) groups is 1. The summed E-state index contributed by atoms with van der Waals surface area (Å²) in [5.74, 6) is -0.0351. The first-order chi connectivity index (χ1) is 12.7. The van der Waals surface area contributed by atoms with E-state index in [-0.39, 0.29) is 17.0 Å². The second kappa shape index (κ2) is 6.95. The highest BCUT2D eigenvalue weighted by Crippen LogP contribution is 2.44. The largest absolute Gasteiger partial charge is 0.477 e. The lowest BCUT2D eigenvalue weighted by Gasteiger charge is -2.42. The summed E-state index contributed by atoms with van der Waals surface area (Å²) in [6.45, 7) is 10.7. The number of thiophene rings is 1. The van der Waals surface area contributed by atoms with Gasteiger partial charge in [-0.1, -0.05) is 0 Å². The van der Waals surface area contributed by atoms with Crippen molar-refractivity contribution in [2.45, 2.75) is 52.1 Å². The summed E-state index contributed by atoms with van der Waals surface area (Å²) in [5.41, 5.74) is 1.51. The third kappa shape index (κ3) is 3.68. The predicted molar refractivity (Wildman–Crippen MR) is 106 cm³/mol. The summed E-state index contributed by atoms with van der Waals surface area (Å²) in [6.07, 6.45) is 2.32. The second-order valence-corrected chi connectivity index (χ2v) is 8.80. The monoisotopic (exact) mass is 384 g/mol. The normalized spacial score (nSPS) is 16.9. The average molecular weight is 385 g/mol. The number of aromatic nitrogens is 1. The topological polar surface area (TPSA) is 87.0 Å². The van der Waals surface area contributed by atoms with Gasteiger partial charge in [0.15, 0.2) is 0 Å². The Hall–Kier alpha value is -2.43. The van der Waals surface area contributed by atoms with Gasteiger partial charge in [0.05, 0.1) is 12.2 Å². The van der Waals surface area contributed by atoms with Crippen LogP contribution in [0.4, 0.5) is 5.00 Å². The Balaban J connectivity index is 1.99. The van der Waals surface area contributed by atoms with E-state index in [9.17, 15) is 10.1 Å². The molecule has 142 valence electrons. The molecule has 6 nitrogen and oxygen atoms in total. The number of nitrogens with one attached hydrogen (secondary N) is 2. The van der Waals surface area contributed by atoms with Crippen molar-refractivity contribution < 1.29 is 9.53 Å². The van der Waals surface area contributed by atoms with Crippen LogP contribution in [0.3, 0.4) is 0 Å². The SMILES string of the molecule is CCOc1ncccc1C(=O)Nc1sc2c(c1C#N)CC(C)(C)NC2(C)C. The lowest BCUT2D eigenvalue weighted by molar-refractivity contribution is 0.102. The minimum absolute atomic E-state index is 0.129. The van der Waals surface area contributed by atoms with Crippen LogP contribution >= 0.6 is 11.3 Å². The van der Waals surface area contributed by atoms with Crippen LogP contribution in [0.1, 0.15) is 61.0 Å². The molecule has 1 amide bonds. The minimum Gasteiger partial charge on any atom is -0.477 e. The number of nitriles is 1. The number of anilines is 1. The van der Waals surface area contributed by atoms with E-state index in [1.54, 1.807) is 18.3 Å². The number of fused-ring (bicyclic) bond motifs is 1. The second-order valence-electron chi connectivity index (χ2n) is 7.78. The van der Waals surface area contributed by atoms with Gasteiger partial charge in [-0.05, 0) is 58.7 Å². The lowest BCUT2D eigenvalue weighted by Crippen LogP contribution is -2.54. The van der Waals surface area contributed by atoms with Crippen LogP contribution < -0.4 is 15.4 Å². The van der Waals surface area contributed by atoms with Crippen LogP contribution in [-0.4, -0.2) is 23.0 Å². The maximum absolute atomic E-state index is 12.8. The Morgan fingerprint density at radius 2 is 2.19 bits per heavy atom. The minimum atomic E-state index is -0.327. The number of amides is 1. The number of pyridine rings is 1. The molecule has 0 radical (unpaired) electrons. The van der Waals surface area contributed by atoms with E-state index in [0.29, 0.717) is 28.6 Å². The molecule has 0 saturated heterocycles. The highest BCUT2D eigenvalue weighted by molar-refractivity contribution is 7.17. The van der Waals surface area contributed by atoms with E-state index in [1.807, 2.05) is 6.92 Å². The van der Waals surface area contributed by atoms with Crippen LogP contribution in [-0.2, 0) is 12.0 Å². The Morgan fingerprint density at radius 3 is 2.85 bits per heavy atom. The first kappa shape index (κ1) is 19.3. The molecule has 0 spiro atoms. The molecule has 3 rings (SSSR count).